The van der Waals surface area contributed by atoms with E-state index in [1.54, 1.807) is 6.92 Å². The van der Waals surface area contributed by atoms with Crippen molar-refractivity contribution >= 4 is 16.7 Å². The Morgan fingerprint density at radius 2 is 2.00 bits per heavy atom. The number of Topliss-reactive ketones (excluding diaryl/α,β-unsaturated/α-hetero) is 1. The maximum atomic E-state index is 13.5. The van der Waals surface area contributed by atoms with E-state index in [9.17, 15) is 18.4 Å². The number of halogens is 2. The fraction of sp³-hybridized carbons (Fsp3) is 0.481. The molecule has 3 unspecified atom stereocenters. The molecule has 0 saturated carbocycles. The molecule has 6 nitrogen and oxygen atoms in total. The van der Waals surface area contributed by atoms with E-state index >= 15 is 0 Å². The van der Waals surface area contributed by atoms with E-state index in [2.05, 4.69) is 33.5 Å². The quantitative estimate of drug-likeness (QED) is 0.424. The van der Waals surface area contributed by atoms with Crippen molar-refractivity contribution in [2.24, 2.45) is 5.92 Å². The Balaban J connectivity index is 1.66. The van der Waals surface area contributed by atoms with Crippen LogP contribution in [0.2, 0.25) is 0 Å². The van der Waals surface area contributed by atoms with Crippen LogP contribution in [0.1, 0.15) is 66.5 Å². The van der Waals surface area contributed by atoms with E-state index in [1.807, 2.05) is 31.2 Å². The summed E-state index contributed by atoms with van der Waals surface area (Å²) >= 11 is 0. The summed E-state index contributed by atoms with van der Waals surface area (Å²) < 4.78 is 32.7. The van der Waals surface area contributed by atoms with E-state index in [0.29, 0.717) is 23.2 Å². The van der Waals surface area contributed by atoms with Gasteiger partial charge >= 0.3 is 6.61 Å². The maximum Gasteiger partial charge on any atom is 0.387 e. The predicted molar refractivity (Wildman–Crippen MR) is 133 cm³/mol. The highest BCUT2D eigenvalue weighted by molar-refractivity contribution is 6.09. The Bertz CT molecular complexity index is 1280. The minimum atomic E-state index is -3.05. The number of aromatic amines is 1. The fourth-order valence-electron chi connectivity index (χ4n) is 5.57. The summed E-state index contributed by atoms with van der Waals surface area (Å²) in [6.45, 7) is 5.91. The molecule has 0 spiro atoms. The lowest BCUT2D eigenvalue weighted by molar-refractivity contribution is -0.0505. The number of benzene rings is 1. The van der Waals surface area contributed by atoms with Gasteiger partial charge in [-0.25, -0.2) is 0 Å². The number of aryl methyl sites for hydroxylation is 1. The number of nitrogens with zero attached hydrogens (tertiary/aromatic N) is 1. The number of alkyl halides is 2. The number of ketones is 1. The zero-order valence-corrected chi connectivity index (χ0v) is 20.7. The van der Waals surface area contributed by atoms with Gasteiger partial charge in [0, 0.05) is 46.4 Å². The van der Waals surface area contributed by atoms with Gasteiger partial charge in [0.1, 0.15) is 5.75 Å². The summed E-state index contributed by atoms with van der Waals surface area (Å²) in [4.78, 5) is 28.6. The molecule has 1 aromatic carbocycles. The van der Waals surface area contributed by atoms with E-state index in [0.717, 1.165) is 36.0 Å². The molecule has 8 heteroatoms. The van der Waals surface area contributed by atoms with Gasteiger partial charge in [-0.1, -0.05) is 18.2 Å². The number of aromatic nitrogens is 2. The van der Waals surface area contributed by atoms with Crippen molar-refractivity contribution in [1.82, 2.24) is 14.9 Å². The topological polar surface area (TPSA) is 76.1 Å². The monoisotopic (exact) mass is 485 g/mol. The SMILES string of the molecule is Cc1cc(OC(F)F)c(CCC(=O)c2c(C)n(C(C)C3CCNC(C)C3)c3ccccc23)c(=O)[nH]1. The van der Waals surface area contributed by atoms with E-state index < -0.39 is 12.2 Å². The molecule has 3 aromatic rings. The third-order valence-electron chi connectivity index (χ3n) is 7.24. The van der Waals surface area contributed by atoms with Crippen molar-refractivity contribution in [3.63, 3.8) is 0 Å². The van der Waals surface area contributed by atoms with Crippen LogP contribution in [0, 0.1) is 19.8 Å². The van der Waals surface area contributed by atoms with Gasteiger partial charge in [-0.05, 0) is 71.6 Å². The first kappa shape index (κ1) is 25.1. The van der Waals surface area contributed by atoms with Crippen LogP contribution in [0.25, 0.3) is 10.9 Å². The number of piperidine rings is 1. The Labute approximate surface area is 203 Å². The lowest BCUT2D eigenvalue weighted by Crippen LogP contribution is -2.38. The van der Waals surface area contributed by atoms with Crippen molar-refractivity contribution in [1.29, 1.82) is 0 Å². The number of H-pyrrole nitrogens is 1. The summed E-state index contributed by atoms with van der Waals surface area (Å²) in [7, 11) is 0. The Morgan fingerprint density at radius 3 is 2.71 bits per heavy atom. The van der Waals surface area contributed by atoms with Crippen LogP contribution in [0.4, 0.5) is 8.78 Å². The number of carbonyl (C=O) groups is 1. The molecule has 1 aliphatic heterocycles. The van der Waals surface area contributed by atoms with E-state index in [1.165, 1.54) is 6.07 Å². The van der Waals surface area contributed by atoms with Crippen LogP contribution in [-0.2, 0) is 6.42 Å². The van der Waals surface area contributed by atoms with Crippen molar-refractivity contribution in [2.75, 3.05) is 6.54 Å². The molecule has 35 heavy (non-hydrogen) atoms. The molecule has 0 aliphatic carbocycles. The van der Waals surface area contributed by atoms with Gasteiger partial charge in [-0.3, -0.25) is 9.59 Å². The molecular weight excluding hydrogens is 452 g/mol. The molecule has 2 aromatic heterocycles. The normalized spacial score (nSPS) is 19.3. The van der Waals surface area contributed by atoms with Crippen LogP contribution in [0.3, 0.4) is 0 Å². The number of carbonyl (C=O) groups excluding carboxylic acids is 1. The molecule has 4 rings (SSSR count). The van der Waals surface area contributed by atoms with Gasteiger partial charge in [0.2, 0.25) is 0 Å². The van der Waals surface area contributed by atoms with Crippen LogP contribution >= 0.6 is 0 Å². The molecule has 0 amide bonds. The van der Waals surface area contributed by atoms with Crippen LogP contribution in [0.15, 0.2) is 35.1 Å². The van der Waals surface area contributed by atoms with Crippen molar-refractivity contribution in [2.45, 2.75) is 72.1 Å². The summed E-state index contributed by atoms with van der Waals surface area (Å²) in [6.07, 6.45) is 2.17. The number of fused-ring (bicyclic) bond motifs is 1. The average Bonchev–Trinajstić information content (AvgIpc) is 3.09. The zero-order valence-electron chi connectivity index (χ0n) is 20.7. The van der Waals surface area contributed by atoms with Gasteiger partial charge < -0.3 is 19.6 Å². The number of hydrogen-bond donors (Lipinski definition) is 2. The minimum absolute atomic E-state index is 0.0107. The van der Waals surface area contributed by atoms with Gasteiger partial charge in [0.05, 0.1) is 5.56 Å². The maximum absolute atomic E-state index is 13.5. The predicted octanol–water partition coefficient (Wildman–Crippen LogP) is 5.31. The van der Waals surface area contributed by atoms with Gasteiger partial charge in [0.25, 0.3) is 5.56 Å². The smallest absolute Gasteiger partial charge is 0.387 e. The van der Waals surface area contributed by atoms with E-state index in [-0.39, 0.29) is 36.0 Å². The summed E-state index contributed by atoms with van der Waals surface area (Å²) in [5, 5.41) is 4.38. The highest BCUT2D eigenvalue weighted by atomic mass is 19.3. The third-order valence-corrected chi connectivity index (χ3v) is 7.24. The number of rotatable bonds is 8. The second kappa shape index (κ2) is 10.3. The van der Waals surface area contributed by atoms with Gasteiger partial charge in [-0.15, -0.1) is 0 Å². The number of nitrogens with one attached hydrogen (secondary N) is 2. The van der Waals surface area contributed by atoms with Crippen molar-refractivity contribution in [3.8, 4) is 5.75 Å². The second-order valence-electron chi connectivity index (χ2n) is 9.65. The molecule has 1 aliphatic rings. The van der Waals surface area contributed by atoms with Gasteiger partial charge in [-0.2, -0.15) is 8.78 Å². The second-order valence-corrected chi connectivity index (χ2v) is 9.65. The first-order chi connectivity index (χ1) is 16.7. The van der Waals surface area contributed by atoms with Crippen molar-refractivity contribution in [3.05, 3.63) is 63.2 Å². The average molecular weight is 486 g/mol. The van der Waals surface area contributed by atoms with Crippen LogP contribution in [-0.4, -0.2) is 34.5 Å². The first-order valence-corrected chi connectivity index (χ1v) is 12.2. The zero-order chi connectivity index (χ0) is 25.3. The molecule has 0 radical (unpaired) electrons. The summed E-state index contributed by atoms with van der Waals surface area (Å²) in [5.74, 6) is 0.192. The van der Waals surface area contributed by atoms with Crippen LogP contribution < -0.4 is 15.6 Å². The highest BCUT2D eigenvalue weighted by Crippen LogP contribution is 2.36. The fourth-order valence-corrected chi connectivity index (χ4v) is 5.57. The lowest BCUT2D eigenvalue weighted by atomic mass is 9.87. The molecule has 188 valence electrons. The number of ether oxygens (including phenoxy) is 1. The molecule has 1 saturated heterocycles. The number of hydrogen-bond acceptors (Lipinski definition) is 4. The third kappa shape index (κ3) is 5.17. The van der Waals surface area contributed by atoms with E-state index in [4.69, 9.17) is 0 Å². The van der Waals surface area contributed by atoms with Crippen molar-refractivity contribution < 1.29 is 18.3 Å². The Morgan fingerprint density at radius 1 is 1.26 bits per heavy atom. The number of para-hydroxylation sites is 1. The molecule has 1 fully saturated rings. The summed E-state index contributed by atoms with van der Waals surface area (Å²) in [5.41, 5.74) is 2.51. The summed E-state index contributed by atoms with van der Waals surface area (Å²) in [6, 6.07) is 9.93. The molecule has 3 atom stereocenters. The first-order valence-electron chi connectivity index (χ1n) is 12.2. The van der Waals surface area contributed by atoms with Crippen LogP contribution in [0.5, 0.6) is 5.75 Å². The standard InChI is InChI=1S/C27H33F2N3O3/c1-15-13-19(11-12-30-15)17(3)32-18(4)25(20-7-5-6-8-22(20)32)23(33)10-9-21-24(35-27(28)29)14-16(2)31-26(21)34/h5-8,14-15,17,19,27,30H,9-13H2,1-4H3,(H,31,34). The number of pyridine rings is 1. The largest absolute Gasteiger partial charge is 0.434 e. The molecule has 2 N–H and O–H groups in total. The minimum Gasteiger partial charge on any atom is -0.434 e. The van der Waals surface area contributed by atoms with Gasteiger partial charge in [0.15, 0.2) is 5.78 Å². The molecule has 3 heterocycles. The Hall–Kier alpha value is -3.00. The Kier molecular flexibility index (Phi) is 7.40. The molecule has 0 bridgehead atoms. The molecular formula is C27H33F2N3O3. The lowest BCUT2D eigenvalue weighted by Gasteiger charge is -2.34. The highest BCUT2D eigenvalue weighted by Gasteiger charge is 2.29.